The van der Waals surface area contributed by atoms with Crippen molar-refractivity contribution in [2.45, 2.75) is 39.2 Å². The van der Waals surface area contributed by atoms with Crippen LogP contribution in [0.3, 0.4) is 0 Å². The second-order valence-corrected chi connectivity index (χ2v) is 6.02. The van der Waals surface area contributed by atoms with Gasteiger partial charge in [-0.2, -0.15) is 0 Å². The molecule has 3 heteroatoms. The van der Waals surface area contributed by atoms with Gasteiger partial charge in [0.1, 0.15) is 0 Å². The van der Waals surface area contributed by atoms with Crippen LogP contribution in [0.4, 0.5) is 0 Å². The molecule has 0 radical (unpaired) electrons. The summed E-state index contributed by atoms with van der Waals surface area (Å²) in [5.74, 6) is 0.744. The summed E-state index contributed by atoms with van der Waals surface area (Å²) >= 11 is 0. The number of likely N-dealkylation sites (N-methyl/N-ethyl adjacent to an activating group) is 1. The Morgan fingerprint density at radius 1 is 1.38 bits per heavy atom. The SMILES string of the molecule is CN(CCNC(C)(C)C)CC1CCCOC1. The minimum absolute atomic E-state index is 0.231. The fourth-order valence-electron chi connectivity index (χ4n) is 2.11. The van der Waals surface area contributed by atoms with Crippen LogP contribution in [0.2, 0.25) is 0 Å². The molecule has 1 aliphatic rings. The van der Waals surface area contributed by atoms with E-state index in [2.05, 4.69) is 38.0 Å². The van der Waals surface area contributed by atoms with Crippen LogP contribution >= 0.6 is 0 Å². The highest BCUT2D eigenvalue weighted by molar-refractivity contribution is 4.72. The summed E-state index contributed by atoms with van der Waals surface area (Å²) in [5, 5.41) is 3.52. The van der Waals surface area contributed by atoms with E-state index in [1.807, 2.05) is 0 Å². The molecule has 1 rings (SSSR count). The van der Waals surface area contributed by atoms with Gasteiger partial charge in [-0.3, -0.25) is 0 Å². The average molecular weight is 228 g/mol. The van der Waals surface area contributed by atoms with Crippen LogP contribution < -0.4 is 5.32 Å². The first kappa shape index (κ1) is 13.9. The van der Waals surface area contributed by atoms with Crippen molar-refractivity contribution in [2.24, 2.45) is 5.92 Å². The summed E-state index contributed by atoms with van der Waals surface area (Å²) in [7, 11) is 2.21. The smallest absolute Gasteiger partial charge is 0.0506 e. The zero-order valence-corrected chi connectivity index (χ0v) is 11.4. The molecule has 1 heterocycles. The van der Waals surface area contributed by atoms with Gasteiger partial charge in [-0.05, 0) is 46.6 Å². The van der Waals surface area contributed by atoms with Crippen molar-refractivity contribution < 1.29 is 4.74 Å². The molecule has 1 aliphatic heterocycles. The van der Waals surface area contributed by atoms with Gasteiger partial charge < -0.3 is 15.0 Å². The Labute approximate surface area is 101 Å². The molecule has 0 bridgehead atoms. The number of hydrogen-bond acceptors (Lipinski definition) is 3. The van der Waals surface area contributed by atoms with Gasteiger partial charge in [-0.25, -0.2) is 0 Å². The molecule has 1 saturated heterocycles. The molecule has 3 nitrogen and oxygen atoms in total. The molecule has 16 heavy (non-hydrogen) atoms. The van der Waals surface area contributed by atoms with Gasteiger partial charge >= 0.3 is 0 Å². The Balaban J connectivity index is 2.08. The van der Waals surface area contributed by atoms with Crippen LogP contribution in [0.1, 0.15) is 33.6 Å². The fraction of sp³-hybridized carbons (Fsp3) is 1.00. The molecule has 0 aromatic rings. The summed E-state index contributed by atoms with van der Waals surface area (Å²) in [6.45, 7) is 11.9. The van der Waals surface area contributed by atoms with E-state index in [1.165, 1.54) is 19.4 Å². The molecule has 0 aromatic heterocycles. The highest BCUT2D eigenvalue weighted by atomic mass is 16.5. The van der Waals surface area contributed by atoms with Gasteiger partial charge in [0.2, 0.25) is 0 Å². The van der Waals surface area contributed by atoms with E-state index in [0.717, 1.165) is 32.2 Å². The van der Waals surface area contributed by atoms with Crippen LogP contribution in [0, 0.1) is 5.92 Å². The van der Waals surface area contributed by atoms with Gasteiger partial charge in [0.05, 0.1) is 6.61 Å². The third-order valence-electron chi connectivity index (χ3n) is 2.97. The zero-order valence-electron chi connectivity index (χ0n) is 11.4. The number of nitrogens with zero attached hydrogens (tertiary/aromatic N) is 1. The second-order valence-electron chi connectivity index (χ2n) is 6.02. The summed E-state index contributed by atoms with van der Waals surface area (Å²) in [5.41, 5.74) is 0.231. The lowest BCUT2D eigenvalue weighted by molar-refractivity contribution is 0.0420. The number of nitrogens with one attached hydrogen (secondary N) is 1. The van der Waals surface area contributed by atoms with Gasteiger partial charge in [0.25, 0.3) is 0 Å². The largest absolute Gasteiger partial charge is 0.381 e. The molecule has 1 unspecified atom stereocenters. The zero-order chi connectivity index (χ0) is 12.0. The molecule has 1 atom stereocenters. The molecular formula is C13H28N2O. The van der Waals surface area contributed by atoms with E-state index < -0.39 is 0 Å². The lowest BCUT2D eigenvalue weighted by atomic mass is 10.0. The van der Waals surface area contributed by atoms with Crippen molar-refractivity contribution in [3.8, 4) is 0 Å². The van der Waals surface area contributed by atoms with Crippen LogP contribution in [0.25, 0.3) is 0 Å². The van der Waals surface area contributed by atoms with Gasteiger partial charge in [0.15, 0.2) is 0 Å². The van der Waals surface area contributed by atoms with Crippen LogP contribution in [-0.2, 0) is 4.74 Å². The fourth-order valence-corrected chi connectivity index (χ4v) is 2.11. The minimum Gasteiger partial charge on any atom is -0.381 e. The minimum atomic E-state index is 0.231. The van der Waals surface area contributed by atoms with Gasteiger partial charge in [-0.1, -0.05) is 0 Å². The molecule has 0 aromatic carbocycles. The number of hydrogen-bond donors (Lipinski definition) is 1. The molecule has 96 valence electrons. The normalized spacial score (nSPS) is 22.7. The highest BCUT2D eigenvalue weighted by Crippen LogP contribution is 2.14. The Morgan fingerprint density at radius 2 is 2.12 bits per heavy atom. The predicted octanol–water partition coefficient (Wildman–Crippen LogP) is 1.73. The molecule has 0 amide bonds. The number of ether oxygens (including phenoxy) is 1. The molecule has 1 N–H and O–H groups in total. The maximum atomic E-state index is 5.50. The van der Waals surface area contributed by atoms with Crippen molar-refractivity contribution in [3.05, 3.63) is 0 Å². The molecule has 0 spiro atoms. The lowest BCUT2D eigenvalue weighted by Gasteiger charge is -2.28. The third-order valence-corrected chi connectivity index (χ3v) is 2.97. The summed E-state index contributed by atoms with van der Waals surface area (Å²) in [6, 6.07) is 0. The van der Waals surface area contributed by atoms with Crippen molar-refractivity contribution in [2.75, 3.05) is 39.9 Å². The van der Waals surface area contributed by atoms with Crippen LogP contribution in [0.15, 0.2) is 0 Å². The molecule has 0 aliphatic carbocycles. The van der Waals surface area contributed by atoms with E-state index in [9.17, 15) is 0 Å². The Morgan fingerprint density at radius 3 is 2.69 bits per heavy atom. The van der Waals surface area contributed by atoms with E-state index in [0.29, 0.717) is 0 Å². The first-order chi connectivity index (χ1) is 7.47. The van der Waals surface area contributed by atoms with Crippen LogP contribution in [0.5, 0.6) is 0 Å². The first-order valence-corrected chi connectivity index (χ1v) is 6.49. The average Bonchev–Trinajstić information content (AvgIpc) is 2.17. The third kappa shape index (κ3) is 6.46. The number of rotatable bonds is 5. The molecule has 1 fully saturated rings. The Kier molecular flexibility index (Phi) is 5.73. The summed E-state index contributed by atoms with van der Waals surface area (Å²) in [6.07, 6.45) is 2.57. The summed E-state index contributed by atoms with van der Waals surface area (Å²) in [4.78, 5) is 2.41. The van der Waals surface area contributed by atoms with E-state index >= 15 is 0 Å². The van der Waals surface area contributed by atoms with Crippen molar-refractivity contribution in [3.63, 3.8) is 0 Å². The van der Waals surface area contributed by atoms with Crippen molar-refractivity contribution in [1.29, 1.82) is 0 Å². The van der Waals surface area contributed by atoms with Gasteiger partial charge in [0, 0.05) is 31.8 Å². The van der Waals surface area contributed by atoms with Gasteiger partial charge in [-0.15, -0.1) is 0 Å². The maximum Gasteiger partial charge on any atom is 0.0506 e. The van der Waals surface area contributed by atoms with Crippen molar-refractivity contribution >= 4 is 0 Å². The second kappa shape index (κ2) is 6.58. The molecular weight excluding hydrogens is 200 g/mol. The van der Waals surface area contributed by atoms with E-state index in [1.54, 1.807) is 0 Å². The standard InChI is InChI=1S/C13H28N2O/c1-13(2,3)14-7-8-15(4)10-12-6-5-9-16-11-12/h12,14H,5-11H2,1-4H3. The Bertz CT molecular complexity index is 183. The topological polar surface area (TPSA) is 24.5 Å². The quantitative estimate of drug-likeness (QED) is 0.775. The van der Waals surface area contributed by atoms with Crippen LogP contribution in [-0.4, -0.2) is 50.3 Å². The van der Waals surface area contributed by atoms with E-state index in [4.69, 9.17) is 4.74 Å². The highest BCUT2D eigenvalue weighted by Gasteiger charge is 2.16. The Hall–Kier alpha value is -0.120. The van der Waals surface area contributed by atoms with E-state index in [-0.39, 0.29) is 5.54 Å². The summed E-state index contributed by atoms with van der Waals surface area (Å²) < 4.78 is 5.50. The molecule has 0 saturated carbocycles. The lowest BCUT2D eigenvalue weighted by Crippen LogP contribution is -2.42. The van der Waals surface area contributed by atoms with Crippen molar-refractivity contribution in [1.82, 2.24) is 10.2 Å². The predicted molar refractivity (Wildman–Crippen MR) is 68.8 cm³/mol. The monoisotopic (exact) mass is 228 g/mol. The maximum absolute atomic E-state index is 5.50. The first-order valence-electron chi connectivity index (χ1n) is 6.49.